The van der Waals surface area contributed by atoms with E-state index in [4.69, 9.17) is 5.11 Å². The van der Waals surface area contributed by atoms with Gasteiger partial charge in [0, 0.05) is 4.90 Å². The summed E-state index contributed by atoms with van der Waals surface area (Å²) in [5.74, 6) is -0.354. The molecule has 2 rings (SSSR count). The minimum Gasteiger partial charge on any atom is -0.507 e. The van der Waals surface area contributed by atoms with Gasteiger partial charge in [0.15, 0.2) is 0 Å². The van der Waals surface area contributed by atoms with Crippen molar-refractivity contribution in [1.29, 1.82) is 0 Å². The number of phenolic OH excluding ortho intramolecular Hbond substituents is 1. The molecule has 0 spiro atoms. The van der Waals surface area contributed by atoms with Gasteiger partial charge in [-0.2, -0.15) is 0 Å². The molecule has 1 unspecified atom stereocenters. The fraction of sp³-hybridized carbons (Fsp3) is 0.364. The fourth-order valence-electron chi connectivity index (χ4n) is 1.44. The van der Waals surface area contributed by atoms with Crippen LogP contribution in [-0.4, -0.2) is 21.4 Å². The van der Waals surface area contributed by atoms with Gasteiger partial charge in [-0.05, 0) is 30.9 Å². The van der Waals surface area contributed by atoms with Crippen molar-refractivity contribution in [2.24, 2.45) is 5.92 Å². The number of rotatable bonds is 4. The zero-order valence-electron chi connectivity index (χ0n) is 8.09. The molecule has 3 nitrogen and oxygen atoms in total. The summed E-state index contributed by atoms with van der Waals surface area (Å²) < 4.78 is 0. The Labute approximate surface area is 92.1 Å². The average Bonchev–Trinajstić information content (AvgIpc) is 2.99. The van der Waals surface area contributed by atoms with Crippen LogP contribution in [0.3, 0.4) is 0 Å². The first kappa shape index (κ1) is 10.4. The minimum atomic E-state index is -0.786. The van der Waals surface area contributed by atoms with Gasteiger partial charge in [0.05, 0.1) is 0 Å². The Kier molecular flexibility index (Phi) is 2.86. The van der Waals surface area contributed by atoms with Crippen LogP contribution in [0.25, 0.3) is 0 Å². The lowest BCUT2D eigenvalue weighted by atomic mass is 10.3. The lowest BCUT2D eigenvalue weighted by Crippen LogP contribution is -2.18. The predicted octanol–water partition coefficient (Wildman–Crippen LogP) is 2.35. The van der Waals surface area contributed by atoms with E-state index in [0.717, 1.165) is 12.8 Å². The summed E-state index contributed by atoms with van der Waals surface area (Å²) >= 11 is 1.24. The van der Waals surface area contributed by atoms with E-state index >= 15 is 0 Å². The number of thioether (sulfide) groups is 1. The highest BCUT2D eigenvalue weighted by molar-refractivity contribution is 8.00. The molecular formula is C11H12O3S. The molecule has 2 N–H and O–H groups in total. The molecule has 1 aliphatic carbocycles. The Morgan fingerprint density at radius 2 is 2.07 bits per heavy atom. The van der Waals surface area contributed by atoms with E-state index in [-0.39, 0.29) is 11.7 Å². The Bertz CT molecular complexity index is 374. The van der Waals surface area contributed by atoms with Crippen LogP contribution in [0.15, 0.2) is 29.2 Å². The number of aliphatic carboxylic acids is 1. The summed E-state index contributed by atoms with van der Waals surface area (Å²) in [5.41, 5.74) is 0. The second kappa shape index (κ2) is 4.14. The highest BCUT2D eigenvalue weighted by atomic mass is 32.2. The number of benzene rings is 1. The summed E-state index contributed by atoms with van der Waals surface area (Å²) in [6.45, 7) is 0. The van der Waals surface area contributed by atoms with Gasteiger partial charge in [0.2, 0.25) is 0 Å². The van der Waals surface area contributed by atoms with E-state index in [0.29, 0.717) is 4.90 Å². The molecule has 1 fully saturated rings. The van der Waals surface area contributed by atoms with Gasteiger partial charge in [-0.1, -0.05) is 12.1 Å². The first-order valence-corrected chi connectivity index (χ1v) is 5.74. The third-order valence-corrected chi connectivity index (χ3v) is 3.85. The molecular weight excluding hydrogens is 212 g/mol. The van der Waals surface area contributed by atoms with Crippen LogP contribution in [0.2, 0.25) is 0 Å². The Balaban J connectivity index is 2.12. The first-order valence-electron chi connectivity index (χ1n) is 4.86. The maximum absolute atomic E-state index is 11.0. The number of carbonyl (C=O) groups is 1. The summed E-state index contributed by atoms with van der Waals surface area (Å²) in [5, 5.41) is 18.1. The standard InChI is InChI=1S/C11H12O3S/c12-8-3-1-2-4-9(8)15-10(11(13)14)7-5-6-7/h1-4,7,10,12H,5-6H2,(H,13,14). The number of aromatic hydroxyl groups is 1. The van der Waals surface area contributed by atoms with Gasteiger partial charge in [0.25, 0.3) is 0 Å². The Morgan fingerprint density at radius 3 is 2.60 bits per heavy atom. The molecule has 0 heterocycles. The van der Waals surface area contributed by atoms with E-state index in [1.54, 1.807) is 24.3 Å². The summed E-state index contributed by atoms with van der Waals surface area (Å²) in [7, 11) is 0. The number of hydrogen-bond acceptors (Lipinski definition) is 3. The number of hydrogen-bond donors (Lipinski definition) is 2. The Morgan fingerprint density at radius 1 is 1.40 bits per heavy atom. The van der Waals surface area contributed by atoms with E-state index < -0.39 is 11.2 Å². The second-order valence-electron chi connectivity index (χ2n) is 3.68. The number of para-hydroxylation sites is 1. The monoisotopic (exact) mass is 224 g/mol. The summed E-state index contributed by atoms with van der Waals surface area (Å²) in [4.78, 5) is 11.6. The maximum Gasteiger partial charge on any atom is 0.317 e. The van der Waals surface area contributed by atoms with Crippen molar-refractivity contribution in [3.8, 4) is 5.75 Å². The van der Waals surface area contributed by atoms with E-state index in [1.165, 1.54) is 11.8 Å². The van der Waals surface area contributed by atoms with Gasteiger partial charge < -0.3 is 10.2 Å². The van der Waals surface area contributed by atoms with Crippen molar-refractivity contribution >= 4 is 17.7 Å². The van der Waals surface area contributed by atoms with Crippen molar-refractivity contribution in [3.05, 3.63) is 24.3 Å². The molecule has 0 aliphatic heterocycles. The van der Waals surface area contributed by atoms with Gasteiger partial charge in [0.1, 0.15) is 11.0 Å². The molecule has 1 aromatic carbocycles. The van der Waals surface area contributed by atoms with Crippen LogP contribution in [0.4, 0.5) is 0 Å². The van der Waals surface area contributed by atoms with E-state index in [9.17, 15) is 9.90 Å². The van der Waals surface area contributed by atoms with Crippen LogP contribution in [0, 0.1) is 5.92 Å². The SMILES string of the molecule is O=C(O)C(Sc1ccccc1O)C1CC1. The smallest absolute Gasteiger partial charge is 0.317 e. The quantitative estimate of drug-likeness (QED) is 0.771. The van der Waals surface area contributed by atoms with Gasteiger partial charge in [-0.3, -0.25) is 4.79 Å². The molecule has 4 heteroatoms. The minimum absolute atomic E-state index is 0.161. The van der Waals surface area contributed by atoms with Crippen LogP contribution in [0.5, 0.6) is 5.75 Å². The highest BCUT2D eigenvalue weighted by Crippen LogP contribution is 2.43. The van der Waals surface area contributed by atoms with E-state index in [2.05, 4.69) is 0 Å². The lowest BCUT2D eigenvalue weighted by molar-refractivity contribution is -0.136. The number of phenols is 1. The zero-order chi connectivity index (χ0) is 10.8. The van der Waals surface area contributed by atoms with Crippen molar-refractivity contribution in [2.75, 3.05) is 0 Å². The summed E-state index contributed by atoms with van der Waals surface area (Å²) in [6.07, 6.45) is 1.97. The molecule has 1 aliphatic rings. The van der Waals surface area contributed by atoms with Gasteiger partial charge >= 0.3 is 5.97 Å². The fourth-order valence-corrected chi connectivity index (χ4v) is 2.63. The van der Waals surface area contributed by atoms with Crippen LogP contribution in [0.1, 0.15) is 12.8 Å². The number of carboxylic acid groups (broad SMARTS) is 1. The second-order valence-corrected chi connectivity index (χ2v) is 4.87. The topological polar surface area (TPSA) is 57.5 Å². The third kappa shape index (κ3) is 2.45. The summed E-state index contributed by atoms with van der Waals surface area (Å²) in [6, 6.07) is 6.85. The van der Waals surface area contributed by atoms with Crippen molar-refractivity contribution in [1.82, 2.24) is 0 Å². The highest BCUT2D eigenvalue weighted by Gasteiger charge is 2.37. The van der Waals surface area contributed by atoms with Crippen LogP contribution in [-0.2, 0) is 4.79 Å². The molecule has 0 bridgehead atoms. The van der Waals surface area contributed by atoms with Crippen molar-refractivity contribution < 1.29 is 15.0 Å². The predicted molar refractivity (Wildman–Crippen MR) is 58.1 cm³/mol. The Hall–Kier alpha value is -1.16. The van der Waals surface area contributed by atoms with Gasteiger partial charge in [-0.15, -0.1) is 11.8 Å². The lowest BCUT2D eigenvalue weighted by Gasteiger charge is -2.11. The molecule has 0 radical (unpaired) electrons. The molecule has 0 amide bonds. The molecule has 1 saturated carbocycles. The van der Waals surface area contributed by atoms with Crippen LogP contribution < -0.4 is 0 Å². The third-order valence-electron chi connectivity index (χ3n) is 2.41. The van der Waals surface area contributed by atoms with Crippen molar-refractivity contribution in [3.63, 3.8) is 0 Å². The molecule has 1 aromatic rings. The number of carboxylic acids is 1. The van der Waals surface area contributed by atoms with Crippen molar-refractivity contribution in [2.45, 2.75) is 23.0 Å². The van der Waals surface area contributed by atoms with Gasteiger partial charge in [-0.25, -0.2) is 0 Å². The molecule has 80 valence electrons. The average molecular weight is 224 g/mol. The molecule has 1 atom stereocenters. The molecule has 0 aromatic heterocycles. The zero-order valence-corrected chi connectivity index (χ0v) is 8.91. The normalized spacial score (nSPS) is 17.3. The first-order chi connectivity index (χ1) is 7.18. The molecule has 0 saturated heterocycles. The molecule has 15 heavy (non-hydrogen) atoms. The largest absolute Gasteiger partial charge is 0.507 e. The van der Waals surface area contributed by atoms with Crippen LogP contribution >= 0.6 is 11.8 Å². The maximum atomic E-state index is 11.0. The van der Waals surface area contributed by atoms with E-state index in [1.807, 2.05) is 0 Å².